The fourth-order valence-corrected chi connectivity index (χ4v) is 4.18. The second-order valence-electron chi connectivity index (χ2n) is 9.32. The number of ether oxygens (including phenoxy) is 2. The summed E-state index contributed by atoms with van der Waals surface area (Å²) < 4.78 is 12.2. The van der Waals surface area contributed by atoms with Crippen LogP contribution in [0.25, 0.3) is 0 Å². The smallest absolute Gasteiger partial charge is 0.165 e. The van der Waals surface area contributed by atoms with Gasteiger partial charge < -0.3 is 19.5 Å². The van der Waals surface area contributed by atoms with Crippen LogP contribution in [0.15, 0.2) is 24.3 Å². The van der Waals surface area contributed by atoms with Crippen LogP contribution in [-0.2, 0) is 9.47 Å². The van der Waals surface area contributed by atoms with Crippen LogP contribution in [0, 0.1) is 17.3 Å². The first kappa shape index (κ1) is 19.5. The molecule has 3 rings (SSSR count). The molecule has 0 bridgehead atoms. The number of hydrogen-bond donors (Lipinski definition) is 1. The molecule has 4 heteroatoms. The molecule has 2 heterocycles. The van der Waals surface area contributed by atoms with Crippen LogP contribution < -0.4 is 4.90 Å². The highest BCUT2D eigenvalue weighted by Crippen LogP contribution is 2.38. The summed E-state index contributed by atoms with van der Waals surface area (Å²) in [6.45, 7) is 13.7. The highest BCUT2D eigenvalue weighted by molar-refractivity contribution is 5.51. The molecule has 0 spiro atoms. The van der Waals surface area contributed by atoms with Gasteiger partial charge in [-0.3, -0.25) is 0 Å². The van der Waals surface area contributed by atoms with Crippen molar-refractivity contribution in [2.45, 2.75) is 65.7 Å². The van der Waals surface area contributed by atoms with Crippen LogP contribution in [0.2, 0.25) is 0 Å². The molecule has 2 aliphatic heterocycles. The van der Waals surface area contributed by atoms with Crippen LogP contribution >= 0.6 is 0 Å². The number of rotatable bonds is 4. The van der Waals surface area contributed by atoms with Crippen molar-refractivity contribution in [1.29, 1.82) is 0 Å². The van der Waals surface area contributed by atoms with Gasteiger partial charge in [-0.05, 0) is 43.7 Å². The summed E-state index contributed by atoms with van der Waals surface area (Å²) in [5.74, 6) is 1.14. The Morgan fingerprint density at radius 1 is 1.15 bits per heavy atom. The summed E-state index contributed by atoms with van der Waals surface area (Å²) in [5.41, 5.74) is 1.21. The van der Waals surface area contributed by atoms with E-state index >= 15 is 0 Å². The molecule has 146 valence electrons. The monoisotopic (exact) mass is 361 g/mol. The molecule has 3 atom stereocenters. The van der Waals surface area contributed by atoms with Gasteiger partial charge in [0.05, 0.1) is 13.2 Å². The summed E-state index contributed by atoms with van der Waals surface area (Å²) in [4.78, 5) is 2.47. The minimum Gasteiger partial charge on any atom is -0.508 e. The topological polar surface area (TPSA) is 41.9 Å². The number of aromatic hydroxyl groups is 1. The van der Waals surface area contributed by atoms with Crippen LogP contribution in [0.3, 0.4) is 0 Å². The predicted molar refractivity (Wildman–Crippen MR) is 106 cm³/mol. The van der Waals surface area contributed by atoms with Crippen molar-refractivity contribution in [1.82, 2.24) is 0 Å². The Bertz CT molecular complexity index is 605. The van der Waals surface area contributed by atoms with E-state index < -0.39 is 5.79 Å². The largest absolute Gasteiger partial charge is 0.508 e. The van der Waals surface area contributed by atoms with Crippen molar-refractivity contribution in [2.75, 3.05) is 24.7 Å². The van der Waals surface area contributed by atoms with Crippen LogP contribution in [0.5, 0.6) is 5.75 Å². The molecule has 2 fully saturated rings. The molecule has 4 nitrogen and oxygen atoms in total. The Morgan fingerprint density at radius 3 is 2.50 bits per heavy atom. The van der Waals surface area contributed by atoms with Gasteiger partial charge in [0, 0.05) is 36.2 Å². The Labute approximate surface area is 158 Å². The lowest BCUT2D eigenvalue weighted by Crippen LogP contribution is -2.50. The summed E-state index contributed by atoms with van der Waals surface area (Å²) in [6.07, 6.45) is 3.10. The third-order valence-corrected chi connectivity index (χ3v) is 6.32. The Morgan fingerprint density at radius 2 is 1.85 bits per heavy atom. The molecule has 1 N–H and O–H groups in total. The fraction of sp³-hybridized carbons (Fsp3) is 0.727. The van der Waals surface area contributed by atoms with Crippen molar-refractivity contribution in [3.8, 4) is 5.75 Å². The summed E-state index contributed by atoms with van der Waals surface area (Å²) in [7, 11) is 0. The van der Waals surface area contributed by atoms with Crippen molar-refractivity contribution in [3.63, 3.8) is 0 Å². The maximum Gasteiger partial charge on any atom is 0.165 e. The second-order valence-corrected chi connectivity index (χ2v) is 9.32. The van der Waals surface area contributed by atoms with E-state index in [4.69, 9.17) is 9.47 Å². The zero-order chi connectivity index (χ0) is 18.9. The molecule has 1 aromatic rings. The highest BCUT2D eigenvalue weighted by atomic mass is 16.7. The van der Waals surface area contributed by atoms with E-state index in [0.717, 1.165) is 38.3 Å². The van der Waals surface area contributed by atoms with Crippen LogP contribution in [0.4, 0.5) is 5.69 Å². The minimum atomic E-state index is -0.486. The average Bonchev–Trinajstić information content (AvgIpc) is 2.59. The highest BCUT2D eigenvalue weighted by Gasteiger charge is 2.39. The van der Waals surface area contributed by atoms with E-state index in [9.17, 15) is 5.11 Å². The van der Waals surface area contributed by atoms with Crippen molar-refractivity contribution >= 4 is 5.69 Å². The first-order valence-corrected chi connectivity index (χ1v) is 10.0. The van der Waals surface area contributed by atoms with Crippen LogP contribution in [-0.4, -0.2) is 36.7 Å². The van der Waals surface area contributed by atoms with E-state index in [1.165, 1.54) is 6.42 Å². The van der Waals surface area contributed by atoms with Gasteiger partial charge in [-0.2, -0.15) is 0 Å². The third kappa shape index (κ3) is 4.34. The Balaban J connectivity index is 1.71. The maximum absolute atomic E-state index is 9.91. The first-order valence-electron chi connectivity index (χ1n) is 10.0. The standard InChI is InChI=1S/C22H35NO3/c1-16-10-12-23(18-7-6-8-19(24)13-18)20(17(16)2)9-11-22(5)25-14-21(3,4)15-26-22/h6-8,13,16-17,20,24H,9-12,14-15H2,1-5H3. The van der Waals surface area contributed by atoms with Crippen LogP contribution in [0.1, 0.15) is 53.9 Å². The second kappa shape index (κ2) is 7.40. The Kier molecular flexibility index (Phi) is 5.55. The first-order chi connectivity index (χ1) is 12.2. The fourth-order valence-electron chi connectivity index (χ4n) is 4.18. The maximum atomic E-state index is 9.91. The van der Waals surface area contributed by atoms with Crippen molar-refractivity contribution in [2.24, 2.45) is 17.3 Å². The molecule has 3 unspecified atom stereocenters. The number of benzene rings is 1. The normalized spacial score (nSPS) is 31.0. The molecule has 2 aliphatic rings. The van der Waals surface area contributed by atoms with Gasteiger partial charge in [-0.15, -0.1) is 0 Å². The van der Waals surface area contributed by atoms with Crippen molar-refractivity contribution in [3.05, 3.63) is 24.3 Å². The predicted octanol–water partition coefficient (Wildman–Crippen LogP) is 4.81. The molecule has 0 aromatic heterocycles. The minimum absolute atomic E-state index is 0.0970. The SMILES string of the molecule is CC1CCN(c2cccc(O)c2)C(CCC2(C)OCC(C)(C)CO2)C1C. The van der Waals surface area contributed by atoms with Gasteiger partial charge in [-0.1, -0.05) is 33.8 Å². The van der Waals surface area contributed by atoms with E-state index in [1.807, 2.05) is 12.1 Å². The lowest BCUT2D eigenvalue weighted by atomic mass is 9.79. The molecular formula is C22H35NO3. The van der Waals surface area contributed by atoms with E-state index in [1.54, 1.807) is 6.07 Å². The quantitative estimate of drug-likeness (QED) is 0.835. The van der Waals surface area contributed by atoms with Crippen molar-refractivity contribution < 1.29 is 14.6 Å². The molecule has 0 aliphatic carbocycles. The summed E-state index contributed by atoms with van der Waals surface area (Å²) >= 11 is 0. The third-order valence-electron chi connectivity index (χ3n) is 6.32. The lowest BCUT2D eigenvalue weighted by molar-refractivity contribution is -0.292. The summed E-state index contributed by atoms with van der Waals surface area (Å²) in [6, 6.07) is 8.09. The number of anilines is 1. The number of piperidine rings is 1. The van der Waals surface area contributed by atoms with Gasteiger partial charge in [0.1, 0.15) is 5.75 Å². The zero-order valence-electron chi connectivity index (χ0n) is 17.0. The van der Waals surface area contributed by atoms with Gasteiger partial charge in [0.15, 0.2) is 5.79 Å². The molecular weight excluding hydrogens is 326 g/mol. The van der Waals surface area contributed by atoms with Gasteiger partial charge in [-0.25, -0.2) is 0 Å². The molecule has 0 radical (unpaired) electrons. The zero-order valence-corrected chi connectivity index (χ0v) is 17.0. The number of nitrogens with zero attached hydrogens (tertiary/aromatic N) is 1. The molecule has 26 heavy (non-hydrogen) atoms. The Hall–Kier alpha value is -1.26. The number of hydrogen-bond acceptors (Lipinski definition) is 4. The molecule has 2 saturated heterocycles. The molecule has 0 saturated carbocycles. The molecule has 0 amide bonds. The number of phenols is 1. The van der Waals surface area contributed by atoms with E-state index in [2.05, 4.69) is 45.6 Å². The van der Waals surface area contributed by atoms with Gasteiger partial charge in [0.2, 0.25) is 0 Å². The number of phenolic OH excluding ortho intramolecular Hbond substituents is 1. The summed E-state index contributed by atoms with van der Waals surface area (Å²) in [5, 5.41) is 9.91. The lowest BCUT2D eigenvalue weighted by Gasteiger charge is -2.47. The average molecular weight is 362 g/mol. The van der Waals surface area contributed by atoms with E-state index in [-0.39, 0.29) is 5.41 Å². The molecule has 1 aromatic carbocycles. The van der Waals surface area contributed by atoms with E-state index in [0.29, 0.717) is 23.6 Å². The van der Waals surface area contributed by atoms with Gasteiger partial charge in [0.25, 0.3) is 0 Å². The van der Waals surface area contributed by atoms with Gasteiger partial charge >= 0.3 is 0 Å².